The summed E-state index contributed by atoms with van der Waals surface area (Å²) in [7, 11) is -3.62. The van der Waals surface area contributed by atoms with Gasteiger partial charge in [0.1, 0.15) is 18.4 Å². The number of nitrogens with one attached hydrogen (secondary N) is 1. The highest BCUT2D eigenvalue weighted by molar-refractivity contribution is 7.92. The number of ether oxygens (including phenoxy) is 1. The molecular formula is C20H26N2O4S. The standard InChI is InChI=1S/C20H26N2O4S/c1-4-19(20(23)21-14-15-26-18-8-6-5-7-9-18)22(27(3,24)25)17-12-10-16(2)11-13-17/h5-13,19H,4,14-15H2,1-3H3,(H,21,23)/t19-/m1/s1. The van der Waals surface area contributed by atoms with Gasteiger partial charge in [-0.15, -0.1) is 0 Å². The molecule has 6 nitrogen and oxygen atoms in total. The first-order valence-corrected chi connectivity index (χ1v) is 10.7. The van der Waals surface area contributed by atoms with Crippen LogP contribution in [0.1, 0.15) is 18.9 Å². The highest BCUT2D eigenvalue weighted by atomic mass is 32.2. The summed E-state index contributed by atoms with van der Waals surface area (Å²) in [6.07, 6.45) is 1.47. The Bertz CT molecular complexity index is 836. The molecule has 0 saturated carbocycles. The van der Waals surface area contributed by atoms with Crippen molar-refractivity contribution in [3.63, 3.8) is 0 Å². The van der Waals surface area contributed by atoms with Crippen LogP contribution in [0.2, 0.25) is 0 Å². The lowest BCUT2D eigenvalue weighted by atomic mass is 10.1. The Morgan fingerprint density at radius 3 is 2.30 bits per heavy atom. The molecule has 0 aromatic heterocycles. The van der Waals surface area contributed by atoms with E-state index < -0.39 is 16.1 Å². The number of carbonyl (C=O) groups excluding carboxylic acids is 1. The van der Waals surface area contributed by atoms with Crippen molar-refractivity contribution in [3.05, 3.63) is 60.2 Å². The van der Waals surface area contributed by atoms with Crippen molar-refractivity contribution in [3.8, 4) is 5.75 Å². The van der Waals surface area contributed by atoms with Crippen molar-refractivity contribution < 1.29 is 17.9 Å². The minimum Gasteiger partial charge on any atom is -0.492 e. The summed E-state index contributed by atoms with van der Waals surface area (Å²) in [6.45, 7) is 4.30. The van der Waals surface area contributed by atoms with Gasteiger partial charge in [0, 0.05) is 0 Å². The molecule has 146 valence electrons. The molecule has 2 aromatic carbocycles. The Kier molecular flexibility index (Phi) is 7.24. The first kappa shape index (κ1) is 20.8. The number of hydrogen-bond acceptors (Lipinski definition) is 4. The fraction of sp³-hybridized carbons (Fsp3) is 0.350. The van der Waals surface area contributed by atoms with E-state index in [9.17, 15) is 13.2 Å². The maximum absolute atomic E-state index is 12.6. The molecule has 1 N–H and O–H groups in total. The van der Waals surface area contributed by atoms with E-state index in [0.717, 1.165) is 17.6 Å². The molecule has 0 radical (unpaired) electrons. The lowest BCUT2D eigenvalue weighted by Crippen LogP contribution is -2.50. The summed E-state index contributed by atoms with van der Waals surface area (Å²) in [5.74, 6) is 0.372. The fourth-order valence-electron chi connectivity index (χ4n) is 2.73. The molecule has 0 aliphatic rings. The Morgan fingerprint density at radius 1 is 1.11 bits per heavy atom. The highest BCUT2D eigenvalue weighted by Crippen LogP contribution is 2.22. The van der Waals surface area contributed by atoms with Gasteiger partial charge in [0.05, 0.1) is 18.5 Å². The molecule has 0 saturated heterocycles. The van der Waals surface area contributed by atoms with Crippen molar-refractivity contribution in [2.24, 2.45) is 0 Å². The molecular weight excluding hydrogens is 364 g/mol. The van der Waals surface area contributed by atoms with E-state index >= 15 is 0 Å². The molecule has 1 atom stereocenters. The number of benzene rings is 2. The summed E-state index contributed by atoms with van der Waals surface area (Å²) in [5, 5.41) is 2.77. The van der Waals surface area contributed by atoms with E-state index in [-0.39, 0.29) is 12.5 Å². The van der Waals surface area contributed by atoms with Crippen LogP contribution in [-0.2, 0) is 14.8 Å². The molecule has 7 heteroatoms. The second-order valence-corrected chi connectivity index (χ2v) is 8.13. The summed E-state index contributed by atoms with van der Waals surface area (Å²) in [6, 6.07) is 15.6. The van der Waals surface area contributed by atoms with Crippen LogP contribution in [0.5, 0.6) is 5.75 Å². The van der Waals surface area contributed by atoms with E-state index in [1.54, 1.807) is 19.1 Å². The van der Waals surface area contributed by atoms with Gasteiger partial charge in [-0.3, -0.25) is 9.10 Å². The normalized spacial score (nSPS) is 12.3. The van der Waals surface area contributed by atoms with Gasteiger partial charge in [-0.1, -0.05) is 42.8 Å². The maximum Gasteiger partial charge on any atom is 0.244 e. The number of rotatable bonds is 9. The van der Waals surface area contributed by atoms with Crippen LogP contribution >= 0.6 is 0 Å². The van der Waals surface area contributed by atoms with Crippen molar-refractivity contribution in [2.45, 2.75) is 26.3 Å². The summed E-state index contributed by atoms with van der Waals surface area (Å²) in [4.78, 5) is 12.6. The van der Waals surface area contributed by atoms with Crippen molar-refractivity contribution in [1.82, 2.24) is 5.32 Å². The number of para-hydroxylation sites is 1. The van der Waals surface area contributed by atoms with Gasteiger partial charge in [0.25, 0.3) is 0 Å². The largest absolute Gasteiger partial charge is 0.492 e. The van der Waals surface area contributed by atoms with Crippen LogP contribution in [0, 0.1) is 6.92 Å². The van der Waals surface area contributed by atoms with Gasteiger partial charge in [0.2, 0.25) is 15.9 Å². The number of sulfonamides is 1. The van der Waals surface area contributed by atoms with Crippen molar-refractivity contribution in [2.75, 3.05) is 23.7 Å². The van der Waals surface area contributed by atoms with Crippen LogP contribution < -0.4 is 14.4 Å². The van der Waals surface area contributed by atoms with Gasteiger partial charge in [-0.2, -0.15) is 0 Å². The first-order chi connectivity index (χ1) is 12.8. The van der Waals surface area contributed by atoms with Crippen LogP contribution in [0.4, 0.5) is 5.69 Å². The van der Waals surface area contributed by atoms with Gasteiger partial charge < -0.3 is 10.1 Å². The topological polar surface area (TPSA) is 75.7 Å². The molecule has 0 fully saturated rings. The molecule has 0 heterocycles. The number of nitrogens with zero attached hydrogens (tertiary/aromatic N) is 1. The molecule has 2 aromatic rings. The Balaban J connectivity index is 2.04. The number of hydrogen-bond donors (Lipinski definition) is 1. The predicted octanol–water partition coefficient (Wildman–Crippen LogP) is 2.73. The summed E-state index contributed by atoms with van der Waals surface area (Å²) in [5.41, 5.74) is 1.49. The van der Waals surface area contributed by atoms with E-state index in [2.05, 4.69) is 5.32 Å². The van der Waals surface area contributed by atoms with E-state index in [1.807, 2.05) is 49.4 Å². The Hall–Kier alpha value is -2.54. The van der Waals surface area contributed by atoms with E-state index in [1.165, 1.54) is 4.31 Å². The second-order valence-electron chi connectivity index (χ2n) is 6.27. The third-order valence-electron chi connectivity index (χ3n) is 4.03. The quantitative estimate of drug-likeness (QED) is 0.668. The van der Waals surface area contributed by atoms with E-state index in [0.29, 0.717) is 18.7 Å². The van der Waals surface area contributed by atoms with Crippen molar-refractivity contribution >= 4 is 21.6 Å². The number of aryl methyl sites for hydroxylation is 1. The zero-order valence-electron chi connectivity index (χ0n) is 15.9. The molecule has 1 amide bonds. The predicted molar refractivity (Wildman–Crippen MR) is 108 cm³/mol. The number of anilines is 1. The molecule has 2 rings (SSSR count). The highest BCUT2D eigenvalue weighted by Gasteiger charge is 2.31. The van der Waals surface area contributed by atoms with Crippen LogP contribution in [-0.4, -0.2) is 39.8 Å². The summed E-state index contributed by atoms with van der Waals surface area (Å²) >= 11 is 0. The average Bonchev–Trinajstić information content (AvgIpc) is 2.64. The fourth-order valence-corrected chi connectivity index (χ4v) is 3.94. The molecule has 0 bridgehead atoms. The van der Waals surface area contributed by atoms with Crippen LogP contribution in [0.25, 0.3) is 0 Å². The first-order valence-electron chi connectivity index (χ1n) is 8.84. The molecule has 27 heavy (non-hydrogen) atoms. The average molecular weight is 391 g/mol. The maximum atomic E-state index is 12.6. The molecule has 0 aliphatic heterocycles. The third-order valence-corrected chi connectivity index (χ3v) is 5.21. The number of amides is 1. The summed E-state index contributed by atoms with van der Waals surface area (Å²) < 4.78 is 31.4. The zero-order valence-corrected chi connectivity index (χ0v) is 16.7. The zero-order chi connectivity index (χ0) is 19.9. The Labute approximate surface area is 161 Å². The monoisotopic (exact) mass is 390 g/mol. The van der Waals surface area contributed by atoms with Gasteiger partial charge in [-0.05, 0) is 37.6 Å². The lowest BCUT2D eigenvalue weighted by Gasteiger charge is -2.30. The Morgan fingerprint density at radius 2 is 1.74 bits per heavy atom. The molecule has 0 unspecified atom stereocenters. The van der Waals surface area contributed by atoms with Crippen LogP contribution in [0.15, 0.2) is 54.6 Å². The lowest BCUT2D eigenvalue weighted by molar-refractivity contribution is -0.122. The third kappa shape index (κ3) is 5.99. The van der Waals surface area contributed by atoms with Gasteiger partial charge in [0.15, 0.2) is 0 Å². The SMILES string of the molecule is CC[C@H](C(=O)NCCOc1ccccc1)N(c1ccc(C)cc1)S(C)(=O)=O. The minimum absolute atomic E-state index is 0.287. The van der Waals surface area contributed by atoms with Gasteiger partial charge in [-0.25, -0.2) is 8.42 Å². The second kappa shape index (κ2) is 9.41. The number of carbonyl (C=O) groups is 1. The van der Waals surface area contributed by atoms with Crippen LogP contribution in [0.3, 0.4) is 0 Å². The van der Waals surface area contributed by atoms with Gasteiger partial charge >= 0.3 is 0 Å². The molecule has 0 aliphatic carbocycles. The minimum atomic E-state index is -3.62. The van der Waals surface area contributed by atoms with E-state index in [4.69, 9.17) is 4.74 Å². The van der Waals surface area contributed by atoms with Crippen molar-refractivity contribution in [1.29, 1.82) is 0 Å². The smallest absolute Gasteiger partial charge is 0.244 e. The molecule has 0 spiro atoms.